The lowest BCUT2D eigenvalue weighted by atomic mass is 10.1. The van der Waals surface area contributed by atoms with Crippen LogP contribution in [0.25, 0.3) is 11.5 Å². The summed E-state index contributed by atoms with van der Waals surface area (Å²) in [5, 5.41) is 15.6. The monoisotopic (exact) mass is 476 g/mol. The Balaban J connectivity index is 1.42. The van der Waals surface area contributed by atoms with E-state index < -0.39 is 11.9 Å². The molecular weight excluding hydrogens is 452 g/mol. The van der Waals surface area contributed by atoms with Crippen LogP contribution in [0.5, 0.6) is 5.75 Å². The molecule has 0 spiro atoms. The van der Waals surface area contributed by atoms with Crippen LogP contribution in [0.4, 0.5) is 10.5 Å². The van der Waals surface area contributed by atoms with Gasteiger partial charge >= 0.3 is 11.9 Å². The number of rotatable bonds is 6. The van der Waals surface area contributed by atoms with Crippen LogP contribution in [0.15, 0.2) is 52.9 Å². The Morgan fingerprint density at radius 1 is 1.11 bits per heavy atom. The molecule has 35 heavy (non-hydrogen) atoms. The van der Waals surface area contributed by atoms with Gasteiger partial charge in [0.1, 0.15) is 11.6 Å². The van der Waals surface area contributed by atoms with E-state index in [2.05, 4.69) is 30.8 Å². The van der Waals surface area contributed by atoms with E-state index in [1.807, 2.05) is 30.3 Å². The summed E-state index contributed by atoms with van der Waals surface area (Å²) in [4.78, 5) is 31.1. The number of nitrogens with zero attached hydrogens (tertiary/aromatic N) is 6. The molecule has 2 N–H and O–H groups in total. The molecule has 4 aromatic rings. The number of nitrogens with one attached hydrogen (secondary N) is 2. The van der Waals surface area contributed by atoms with Crippen molar-refractivity contribution in [2.45, 2.75) is 13.3 Å². The number of methoxy groups -OCH3 is 1. The summed E-state index contributed by atoms with van der Waals surface area (Å²) < 4.78 is 10.9. The summed E-state index contributed by atoms with van der Waals surface area (Å²) in [6, 6.07) is 14.3. The zero-order valence-electron chi connectivity index (χ0n) is 19.6. The van der Waals surface area contributed by atoms with Crippen LogP contribution in [-0.2, 0) is 6.42 Å². The van der Waals surface area contributed by atoms with Gasteiger partial charge in [-0.15, -0.1) is 15.3 Å². The molecule has 12 heteroatoms. The summed E-state index contributed by atoms with van der Waals surface area (Å²) in [5.74, 6) is 1.02. The van der Waals surface area contributed by atoms with Gasteiger partial charge in [0.15, 0.2) is 0 Å². The Bertz CT molecular complexity index is 1330. The minimum Gasteiger partial charge on any atom is -0.495 e. The lowest BCUT2D eigenvalue weighted by Gasteiger charge is -2.26. The Morgan fingerprint density at radius 2 is 1.89 bits per heavy atom. The number of hydrogen-bond donors (Lipinski definition) is 2. The highest BCUT2D eigenvalue weighted by Gasteiger charge is 2.23. The van der Waals surface area contributed by atoms with Gasteiger partial charge in [0.05, 0.1) is 12.8 Å². The van der Waals surface area contributed by atoms with Crippen molar-refractivity contribution in [1.29, 1.82) is 0 Å². The van der Waals surface area contributed by atoms with Crippen LogP contribution >= 0.6 is 0 Å². The van der Waals surface area contributed by atoms with Crippen LogP contribution < -0.4 is 15.1 Å². The second-order valence-corrected chi connectivity index (χ2v) is 7.62. The fourth-order valence-corrected chi connectivity index (χ4v) is 3.34. The third kappa shape index (κ3) is 5.27. The lowest BCUT2D eigenvalue weighted by Crippen LogP contribution is -2.49. The van der Waals surface area contributed by atoms with Gasteiger partial charge in [-0.25, -0.2) is 14.8 Å². The largest absolute Gasteiger partial charge is 0.495 e. The Labute approximate surface area is 200 Å². The molecule has 180 valence electrons. The van der Waals surface area contributed by atoms with Crippen LogP contribution in [0, 0.1) is 6.92 Å². The van der Waals surface area contributed by atoms with Crippen LogP contribution in [0.2, 0.25) is 0 Å². The Hall–Kier alpha value is -4.74. The van der Waals surface area contributed by atoms with Crippen LogP contribution in [-0.4, -0.2) is 63.5 Å². The standard InChI is InChI=1S/C23H24N8O4/c1-14-25-28-22(35-14)16-10-11-17(18(13-16)34-4)30(2)23(33)31(3)29-21(32)20-24-19(26-27-20)12-15-8-6-5-7-9-15/h5-11,13H,12H2,1-4H3,(H,29,32)(H,24,26,27). The van der Waals surface area contributed by atoms with Gasteiger partial charge in [-0.3, -0.25) is 20.2 Å². The molecule has 0 unspecified atom stereocenters. The van der Waals surface area contributed by atoms with E-state index in [1.165, 1.54) is 19.1 Å². The number of anilines is 1. The van der Waals surface area contributed by atoms with Crippen molar-refractivity contribution in [3.05, 3.63) is 71.6 Å². The molecule has 2 aromatic heterocycles. The first kappa shape index (κ1) is 23.4. The Kier molecular flexibility index (Phi) is 6.71. The zero-order valence-corrected chi connectivity index (χ0v) is 19.6. The number of aromatic amines is 1. The zero-order chi connectivity index (χ0) is 24.9. The number of carbonyl (C=O) groups excluding carboxylic acids is 2. The Morgan fingerprint density at radius 3 is 2.57 bits per heavy atom. The minimum atomic E-state index is -0.626. The fourth-order valence-electron chi connectivity index (χ4n) is 3.34. The first-order valence-electron chi connectivity index (χ1n) is 10.6. The molecule has 0 fully saturated rings. The van der Waals surface area contributed by atoms with E-state index in [1.54, 1.807) is 32.2 Å². The van der Waals surface area contributed by atoms with E-state index in [9.17, 15) is 9.59 Å². The molecule has 0 aliphatic carbocycles. The number of carbonyl (C=O) groups is 2. The average molecular weight is 476 g/mol. The van der Waals surface area contributed by atoms with E-state index >= 15 is 0 Å². The van der Waals surface area contributed by atoms with E-state index in [-0.39, 0.29) is 5.82 Å². The van der Waals surface area contributed by atoms with Crippen molar-refractivity contribution in [2.24, 2.45) is 0 Å². The molecule has 0 saturated carbocycles. The molecular formula is C23H24N8O4. The smallest absolute Gasteiger partial charge is 0.342 e. The number of hydrazine groups is 1. The SMILES string of the molecule is COc1cc(-c2nnc(C)o2)ccc1N(C)C(=O)N(C)NC(=O)c1n[nH]c(Cc2ccccc2)n1. The normalized spacial score (nSPS) is 10.6. The van der Waals surface area contributed by atoms with Crippen molar-refractivity contribution in [3.8, 4) is 17.2 Å². The summed E-state index contributed by atoms with van der Waals surface area (Å²) in [6.45, 7) is 1.70. The molecule has 2 aromatic carbocycles. The molecule has 4 rings (SSSR count). The summed E-state index contributed by atoms with van der Waals surface area (Å²) in [6.07, 6.45) is 0.498. The first-order valence-corrected chi connectivity index (χ1v) is 10.6. The molecule has 2 heterocycles. The number of hydrogen-bond acceptors (Lipinski definition) is 8. The number of aromatic nitrogens is 5. The van der Waals surface area contributed by atoms with Gasteiger partial charge in [0.2, 0.25) is 17.6 Å². The van der Waals surface area contributed by atoms with Crippen molar-refractivity contribution in [3.63, 3.8) is 0 Å². The topological polar surface area (TPSA) is 142 Å². The van der Waals surface area contributed by atoms with Crippen molar-refractivity contribution >= 4 is 17.6 Å². The molecule has 0 aliphatic heterocycles. The van der Waals surface area contributed by atoms with Gasteiger partial charge in [-0.1, -0.05) is 30.3 Å². The van der Waals surface area contributed by atoms with E-state index in [0.29, 0.717) is 41.0 Å². The predicted molar refractivity (Wildman–Crippen MR) is 126 cm³/mol. The second kappa shape index (κ2) is 10.0. The van der Waals surface area contributed by atoms with Gasteiger partial charge in [-0.2, -0.15) is 0 Å². The summed E-state index contributed by atoms with van der Waals surface area (Å²) in [5.41, 5.74) is 4.63. The second-order valence-electron chi connectivity index (χ2n) is 7.62. The van der Waals surface area contributed by atoms with Crippen molar-refractivity contribution in [2.75, 3.05) is 26.1 Å². The predicted octanol–water partition coefficient (Wildman–Crippen LogP) is 2.60. The van der Waals surface area contributed by atoms with E-state index in [0.717, 1.165) is 10.6 Å². The highest BCUT2D eigenvalue weighted by Crippen LogP contribution is 2.32. The molecule has 12 nitrogen and oxygen atoms in total. The number of benzene rings is 2. The van der Waals surface area contributed by atoms with Crippen LogP contribution in [0.3, 0.4) is 0 Å². The number of ether oxygens (including phenoxy) is 1. The quantitative estimate of drug-likeness (QED) is 0.404. The maximum atomic E-state index is 13.0. The molecule has 0 bridgehead atoms. The third-order valence-corrected chi connectivity index (χ3v) is 5.11. The van der Waals surface area contributed by atoms with Gasteiger partial charge < -0.3 is 9.15 Å². The van der Waals surface area contributed by atoms with Gasteiger partial charge in [0.25, 0.3) is 0 Å². The highest BCUT2D eigenvalue weighted by atomic mass is 16.5. The average Bonchev–Trinajstić information content (AvgIpc) is 3.52. The number of H-pyrrole nitrogens is 1. The molecule has 0 radical (unpaired) electrons. The molecule has 0 aliphatic rings. The number of aryl methyl sites for hydroxylation is 1. The summed E-state index contributed by atoms with van der Waals surface area (Å²) >= 11 is 0. The maximum absolute atomic E-state index is 13.0. The number of urea groups is 1. The van der Waals surface area contributed by atoms with Gasteiger partial charge in [0, 0.05) is 33.0 Å². The van der Waals surface area contributed by atoms with Gasteiger partial charge in [-0.05, 0) is 23.8 Å². The highest BCUT2D eigenvalue weighted by molar-refractivity contribution is 5.96. The first-order chi connectivity index (χ1) is 16.9. The minimum absolute atomic E-state index is 0.0741. The third-order valence-electron chi connectivity index (χ3n) is 5.11. The van der Waals surface area contributed by atoms with E-state index in [4.69, 9.17) is 9.15 Å². The molecule has 0 atom stereocenters. The maximum Gasteiger partial charge on any atom is 0.342 e. The van der Waals surface area contributed by atoms with Crippen molar-refractivity contribution < 1.29 is 18.7 Å². The molecule has 0 saturated heterocycles. The van der Waals surface area contributed by atoms with Crippen LogP contribution in [0.1, 0.15) is 27.9 Å². The van der Waals surface area contributed by atoms with Crippen molar-refractivity contribution in [1.82, 2.24) is 35.8 Å². The lowest BCUT2D eigenvalue weighted by molar-refractivity contribution is 0.0848. The number of amides is 3. The molecule has 3 amide bonds. The fraction of sp³-hybridized carbons (Fsp3) is 0.217. The summed E-state index contributed by atoms with van der Waals surface area (Å²) in [7, 11) is 4.47.